The molecule has 1 atom stereocenters. The standard InChI is InChI=1S/C18H17NO6S2/c1-26(22)14-3-5-15(6-4-14)27(23,24)19-9-8-12-2-7-16-13(10-12)11-17(25-16)18(20)21/h2-7,10-11,19H,8-9H2,1H3,(H,20,21). The van der Waals surface area contributed by atoms with Crippen molar-refractivity contribution in [1.82, 2.24) is 4.72 Å². The van der Waals surface area contributed by atoms with Crippen LogP contribution in [-0.4, -0.2) is 36.8 Å². The van der Waals surface area contributed by atoms with Crippen molar-refractivity contribution in [2.75, 3.05) is 12.8 Å². The van der Waals surface area contributed by atoms with Crippen LogP contribution >= 0.6 is 0 Å². The highest BCUT2D eigenvalue weighted by molar-refractivity contribution is 7.90. The first-order valence-electron chi connectivity index (χ1n) is 7.95. The van der Waals surface area contributed by atoms with Crippen molar-refractivity contribution in [3.05, 3.63) is 59.9 Å². The molecule has 1 aromatic heterocycles. The van der Waals surface area contributed by atoms with Crippen molar-refractivity contribution in [2.24, 2.45) is 0 Å². The topological polar surface area (TPSA) is 120 Å². The summed E-state index contributed by atoms with van der Waals surface area (Å²) in [5, 5.41) is 9.60. The number of fused-ring (bicyclic) bond motifs is 1. The second-order valence-electron chi connectivity index (χ2n) is 5.86. The van der Waals surface area contributed by atoms with E-state index in [4.69, 9.17) is 9.52 Å². The zero-order valence-electron chi connectivity index (χ0n) is 14.3. The molecule has 0 amide bonds. The Hall–Kier alpha value is -2.33. The van der Waals surface area contributed by atoms with Crippen molar-refractivity contribution < 1.29 is 27.3 Å². The molecule has 0 aliphatic heterocycles. The average molecular weight is 407 g/mol. The van der Waals surface area contributed by atoms with Crippen LogP contribution in [-0.2, 0) is 27.6 Å². The Morgan fingerprint density at radius 3 is 2.52 bits per heavy atom. The Morgan fingerprint density at radius 2 is 1.89 bits per heavy atom. The monoisotopic (exact) mass is 407 g/mol. The van der Waals surface area contributed by atoms with Gasteiger partial charge in [-0.2, -0.15) is 0 Å². The Balaban J connectivity index is 1.66. The minimum atomic E-state index is -3.67. The van der Waals surface area contributed by atoms with Gasteiger partial charge in [0.15, 0.2) is 4.90 Å². The highest BCUT2D eigenvalue weighted by Gasteiger charge is 2.15. The number of carboxylic acids is 1. The lowest BCUT2D eigenvalue weighted by molar-refractivity contribution is 0.0665. The first-order valence-corrected chi connectivity index (χ1v) is 11.0. The Kier molecular flexibility index (Phi) is 5.56. The number of rotatable bonds is 7. The van der Waals surface area contributed by atoms with Gasteiger partial charge in [-0.3, -0.25) is 0 Å². The van der Waals surface area contributed by atoms with E-state index in [-0.39, 0.29) is 17.2 Å². The van der Waals surface area contributed by atoms with Gasteiger partial charge in [0.25, 0.3) is 0 Å². The second-order valence-corrected chi connectivity index (χ2v) is 9.01. The normalized spacial score (nSPS) is 13.0. The van der Waals surface area contributed by atoms with Crippen LogP contribution in [0.4, 0.5) is 0 Å². The fourth-order valence-corrected chi connectivity index (χ4v) is 4.13. The van der Waals surface area contributed by atoms with Crippen LogP contribution in [0.1, 0.15) is 16.1 Å². The molecule has 0 radical (unpaired) electrons. The maximum atomic E-state index is 12.3. The van der Waals surface area contributed by atoms with Crippen molar-refractivity contribution in [2.45, 2.75) is 16.2 Å². The summed E-state index contributed by atoms with van der Waals surface area (Å²) in [7, 11) is -3.67. The molecule has 142 valence electrons. The molecule has 0 fully saturated rings. The quantitative estimate of drug-likeness (QED) is 0.580. The lowest BCUT2D eigenvalue weighted by Gasteiger charge is -2.08. The van der Waals surface area contributed by atoms with Crippen LogP contribution < -0.4 is 4.72 Å². The third-order valence-electron chi connectivity index (χ3n) is 3.96. The molecule has 1 heterocycles. The van der Waals surface area contributed by atoms with E-state index in [0.29, 0.717) is 22.3 Å². The van der Waals surface area contributed by atoms with Gasteiger partial charge in [-0.1, -0.05) is 6.07 Å². The molecule has 0 spiro atoms. The van der Waals surface area contributed by atoms with E-state index in [9.17, 15) is 17.8 Å². The molecular weight excluding hydrogens is 390 g/mol. The molecule has 1 unspecified atom stereocenters. The van der Waals surface area contributed by atoms with Crippen LogP contribution in [0.5, 0.6) is 0 Å². The minimum Gasteiger partial charge on any atom is -0.612 e. The molecule has 2 N–H and O–H groups in total. The molecule has 0 saturated heterocycles. The first kappa shape index (κ1) is 19.4. The molecule has 9 heteroatoms. The molecule has 3 aromatic rings. The van der Waals surface area contributed by atoms with Gasteiger partial charge in [-0.25, -0.2) is 17.9 Å². The molecule has 0 saturated carbocycles. The summed E-state index contributed by atoms with van der Waals surface area (Å²) in [5.74, 6) is -1.28. The lowest BCUT2D eigenvalue weighted by Crippen LogP contribution is -2.26. The highest BCUT2D eigenvalue weighted by Crippen LogP contribution is 2.21. The number of benzene rings is 2. The lowest BCUT2D eigenvalue weighted by atomic mass is 10.1. The van der Waals surface area contributed by atoms with Gasteiger partial charge in [0.05, 0.1) is 4.90 Å². The number of aromatic carboxylic acids is 1. The summed E-state index contributed by atoms with van der Waals surface area (Å²) >= 11 is -1.17. The fraction of sp³-hybridized carbons (Fsp3) is 0.167. The highest BCUT2D eigenvalue weighted by atomic mass is 32.2. The second kappa shape index (κ2) is 7.73. The van der Waals surface area contributed by atoms with Crippen LogP contribution in [0.25, 0.3) is 11.0 Å². The van der Waals surface area contributed by atoms with E-state index in [1.54, 1.807) is 18.2 Å². The summed E-state index contributed by atoms with van der Waals surface area (Å²) < 4.78 is 43.7. The van der Waals surface area contributed by atoms with Gasteiger partial charge in [-0.05, 0) is 65.6 Å². The van der Waals surface area contributed by atoms with Crippen LogP contribution in [0.15, 0.2) is 62.7 Å². The predicted molar refractivity (Wildman–Crippen MR) is 101 cm³/mol. The number of carboxylic acid groups (broad SMARTS) is 1. The fourth-order valence-electron chi connectivity index (χ4n) is 2.58. The van der Waals surface area contributed by atoms with Crippen molar-refractivity contribution in [3.8, 4) is 0 Å². The third-order valence-corrected chi connectivity index (χ3v) is 6.38. The number of sulfonamides is 1. The number of hydrogen-bond acceptors (Lipinski definition) is 5. The minimum absolute atomic E-state index is 0.105. The van der Waals surface area contributed by atoms with Gasteiger partial charge in [0.2, 0.25) is 15.8 Å². The van der Waals surface area contributed by atoms with Gasteiger partial charge in [0, 0.05) is 11.9 Å². The number of nitrogens with one attached hydrogen (secondary N) is 1. The molecule has 3 rings (SSSR count). The maximum absolute atomic E-state index is 12.3. The zero-order chi connectivity index (χ0) is 19.6. The van der Waals surface area contributed by atoms with Crippen LogP contribution in [0.3, 0.4) is 0 Å². The first-order chi connectivity index (χ1) is 12.8. The Morgan fingerprint density at radius 1 is 1.19 bits per heavy atom. The van der Waals surface area contributed by atoms with Gasteiger partial charge in [-0.15, -0.1) is 0 Å². The number of hydrogen-bond donors (Lipinski definition) is 2. The number of carbonyl (C=O) groups is 1. The van der Waals surface area contributed by atoms with Gasteiger partial charge >= 0.3 is 5.97 Å². The molecule has 2 aromatic carbocycles. The molecular formula is C18H17NO6S2. The van der Waals surface area contributed by atoms with E-state index < -0.39 is 27.2 Å². The van der Waals surface area contributed by atoms with Crippen LogP contribution in [0, 0.1) is 0 Å². The predicted octanol–water partition coefficient (Wildman–Crippen LogP) is 2.39. The largest absolute Gasteiger partial charge is 0.612 e. The Labute approximate surface area is 159 Å². The van der Waals surface area contributed by atoms with Gasteiger partial charge in [0.1, 0.15) is 11.8 Å². The van der Waals surface area contributed by atoms with Crippen LogP contribution in [0.2, 0.25) is 0 Å². The van der Waals surface area contributed by atoms with Gasteiger partial charge < -0.3 is 14.1 Å². The molecule has 27 heavy (non-hydrogen) atoms. The van der Waals surface area contributed by atoms with E-state index >= 15 is 0 Å². The average Bonchev–Trinajstić information content (AvgIpc) is 3.05. The maximum Gasteiger partial charge on any atom is 0.371 e. The van der Waals surface area contributed by atoms with Crippen molar-refractivity contribution in [1.29, 1.82) is 0 Å². The number of furan rings is 1. The molecule has 0 aliphatic carbocycles. The molecule has 0 bridgehead atoms. The summed E-state index contributed by atoms with van der Waals surface area (Å²) in [6, 6.07) is 12.5. The van der Waals surface area contributed by atoms with Crippen molar-refractivity contribution >= 4 is 38.1 Å². The summed E-state index contributed by atoms with van der Waals surface area (Å²) in [5.41, 5.74) is 1.31. The smallest absolute Gasteiger partial charge is 0.371 e. The van der Waals surface area contributed by atoms with E-state index in [1.807, 2.05) is 0 Å². The summed E-state index contributed by atoms with van der Waals surface area (Å²) in [4.78, 5) is 11.6. The van der Waals surface area contributed by atoms with Crippen molar-refractivity contribution in [3.63, 3.8) is 0 Å². The van der Waals surface area contributed by atoms with E-state index in [2.05, 4.69) is 4.72 Å². The van der Waals surface area contributed by atoms with E-state index in [0.717, 1.165) is 5.56 Å². The summed E-state index contributed by atoms with van der Waals surface area (Å²) in [6.45, 7) is 0.180. The SMILES string of the molecule is C[S+]([O-])c1ccc(S(=O)(=O)NCCc2ccc3oc(C(=O)O)cc3c2)cc1. The summed E-state index contributed by atoms with van der Waals surface area (Å²) in [6.07, 6.45) is 1.96. The third kappa shape index (κ3) is 4.51. The Bertz CT molecular complexity index is 1070. The van der Waals surface area contributed by atoms with E-state index in [1.165, 1.54) is 36.6 Å². The molecule has 0 aliphatic rings. The molecule has 7 nitrogen and oxygen atoms in total. The zero-order valence-corrected chi connectivity index (χ0v) is 16.0.